The molecule has 0 radical (unpaired) electrons. The normalized spacial score (nSPS) is 22.9. The van der Waals surface area contributed by atoms with Crippen LogP contribution in [-0.2, 0) is 10.2 Å². The van der Waals surface area contributed by atoms with Crippen LogP contribution in [0.1, 0.15) is 31.2 Å². The number of rotatable bonds is 4. The van der Waals surface area contributed by atoms with Crippen molar-refractivity contribution >= 4 is 5.69 Å². The van der Waals surface area contributed by atoms with Crippen LogP contribution in [0.4, 0.5) is 5.69 Å². The number of hydrogen-bond donors (Lipinski definition) is 1. The Hall–Kier alpha value is -1.06. The van der Waals surface area contributed by atoms with Crippen LogP contribution in [0.15, 0.2) is 24.3 Å². The summed E-state index contributed by atoms with van der Waals surface area (Å²) in [6.07, 6.45) is 5.31. The fraction of sp³-hybridized carbons (Fsp3) is 0.625. The van der Waals surface area contributed by atoms with Crippen molar-refractivity contribution in [2.24, 2.45) is 0 Å². The van der Waals surface area contributed by atoms with E-state index in [-0.39, 0.29) is 0 Å². The molecule has 1 aromatic carbocycles. The Morgan fingerprint density at radius 2 is 1.79 bits per heavy atom. The third-order valence-corrected chi connectivity index (χ3v) is 4.84. The zero-order valence-corrected chi connectivity index (χ0v) is 11.6. The van der Waals surface area contributed by atoms with Crippen molar-refractivity contribution in [3.8, 4) is 0 Å². The van der Waals surface area contributed by atoms with Crippen LogP contribution in [0, 0.1) is 0 Å². The van der Waals surface area contributed by atoms with Gasteiger partial charge in [0.15, 0.2) is 0 Å². The Morgan fingerprint density at radius 3 is 2.37 bits per heavy atom. The van der Waals surface area contributed by atoms with Crippen molar-refractivity contribution in [2.75, 3.05) is 38.6 Å². The number of morpholine rings is 1. The predicted octanol–water partition coefficient (Wildman–Crippen LogP) is 2.41. The minimum absolute atomic E-state index is 0.423. The van der Waals surface area contributed by atoms with E-state index in [1.165, 1.54) is 37.8 Å². The van der Waals surface area contributed by atoms with E-state index in [2.05, 4.69) is 17.0 Å². The largest absolute Gasteiger partial charge is 0.399 e. The van der Waals surface area contributed by atoms with Crippen molar-refractivity contribution in [2.45, 2.75) is 31.1 Å². The van der Waals surface area contributed by atoms with E-state index in [0.29, 0.717) is 5.41 Å². The molecule has 1 aliphatic heterocycles. The van der Waals surface area contributed by atoms with Gasteiger partial charge in [-0.05, 0) is 48.9 Å². The van der Waals surface area contributed by atoms with Gasteiger partial charge >= 0.3 is 0 Å². The average Bonchev–Trinajstić information content (AvgIpc) is 2.41. The smallest absolute Gasteiger partial charge is 0.0594 e. The average molecular weight is 260 g/mol. The molecule has 104 valence electrons. The molecule has 2 fully saturated rings. The maximum absolute atomic E-state index is 5.80. The molecule has 0 amide bonds. The Balaban J connectivity index is 1.64. The van der Waals surface area contributed by atoms with Gasteiger partial charge in [-0.3, -0.25) is 4.90 Å². The third kappa shape index (κ3) is 2.77. The minimum atomic E-state index is 0.423. The van der Waals surface area contributed by atoms with E-state index in [9.17, 15) is 0 Å². The van der Waals surface area contributed by atoms with Crippen LogP contribution in [0.3, 0.4) is 0 Å². The molecule has 0 bridgehead atoms. The van der Waals surface area contributed by atoms with Crippen LogP contribution in [0.25, 0.3) is 0 Å². The highest BCUT2D eigenvalue weighted by molar-refractivity contribution is 5.42. The molecule has 1 aromatic rings. The van der Waals surface area contributed by atoms with Crippen molar-refractivity contribution in [3.63, 3.8) is 0 Å². The summed E-state index contributed by atoms with van der Waals surface area (Å²) < 4.78 is 5.41. The highest BCUT2D eigenvalue weighted by Gasteiger charge is 2.38. The summed E-state index contributed by atoms with van der Waals surface area (Å²) >= 11 is 0. The summed E-state index contributed by atoms with van der Waals surface area (Å²) in [7, 11) is 0. The Kier molecular flexibility index (Phi) is 3.76. The van der Waals surface area contributed by atoms with Crippen molar-refractivity contribution in [1.82, 2.24) is 4.90 Å². The molecule has 0 unspecified atom stereocenters. The first-order valence-corrected chi connectivity index (χ1v) is 7.45. The molecule has 0 spiro atoms. The van der Waals surface area contributed by atoms with Crippen LogP contribution in [-0.4, -0.2) is 37.7 Å². The number of nitrogen functional groups attached to an aromatic ring is 1. The highest BCUT2D eigenvalue weighted by Crippen LogP contribution is 2.46. The fourth-order valence-electron chi connectivity index (χ4n) is 3.32. The van der Waals surface area contributed by atoms with E-state index >= 15 is 0 Å². The Labute approximate surface area is 115 Å². The molecule has 1 saturated heterocycles. The monoisotopic (exact) mass is 260 g/mol. The number of anilines is 1. The van der Waals surface area contributed by atoms with Gasteiger partial charge in [0.05, 0.1) is 13.2 Å². The van der Waals surface area contributed by atoms with Gasteiger partial charge in [-0.15, -0.1) is 0 Å². The predicted molar refractivity (Wildman–Crippen MR) is 78.3 cm³/mol. The maximum Gasteiger partial charge on any atom is 0.0594 e. The fourth-order valence-corrected chi connectivity index (χ4v) is 3.32. The van der Waals surface area contributed by atoms with Gasteiger partial charge < -0.3 is 10.5 Å². The quantitative estimate of drug-likeness (QED) is 0.845. The molecule has 3 nitrogen and oxygen atoms in total. The summed E-state index contributed by atoms with van der Waals surface area (Å²) in [6, 6.07) is 8.55. The standard InChI is InChI=1S/C16H24N2O/c17-15-4-2-14(3-5-15)16(6-1-7-16)8-9-18-10-12-19-13-11-18/h2-5H,1,6-13,17H2. The summed E-state index contributed by atoms with van der Waals surface area (Å²) in [5.74, 6) is 0. The van der Waals surface area contributed by atoms with Crippen LogP contribution >= 0.6 is 0 Å². The van der Waals surface area contributed by atoms with Gasteiger partial charge in [0, 0.05) is 18.8 Å². The number of hydrogen-bond acceptors (Lipinski definition) is 3. The van der Waals surface area contributed by atoms with Crippen LogP contribution in [0.5, 0.6) is 0 Å². The minimum Gasteiger partial charge on any atom is -0.399 e. The van der Waals surface area contributed by atoms with E-state index in [1.54, 1.807) is 0 Å². The number of nitrogens with zero attached hydrogens (tertiary/aromatic N) is 1. The molecule has 0 aromatic heterocycles. The molecule has 3 heteroatoms. The molecule has 2 aliphatic rings. The molecule has 1 aliphatic carbocycles. The maximum atomic E-state index is 5.80. The second-order valence-corrected chi connectivity index (χ2v) is 5.96. The zero-order chi connectivity index (χ0) is 13.1. The van der Waals surface area contributed by atoms with E-state index < -0.39 is 0 Å². The van der Waals surface area contributed by atoms with Gasteiger partial charge in [0.2, 0.25) is 0 Å². The summed E-state index contributed by atoms with van der Waals surface area (Å²) in [6.45, 7) is 5.19. The molecule has 2 N–H and O–H groups in total. The molecule has 19 heavy (non-hydrogen) atoms. The summed E-state index contributed by atoms with van der Waals surface area (Å²) in [5.41, 5.74) is 8.58. The van der Waals surface area contributed by atoms with Gasteiger partial charge in [0.1, 0.15) is 0 Å². The lowest BCUT2D eigenvalue weighted by atomic mass is 9.62. The van der Waals surface area contributed by atoms with E-state index in [4.69, 9.17) is 10.5 Å². The second-order valence-electron chi connectivity index (χ2n) is 5.96. The lowest BCUT2D eigenvalue weighted by Gasteiger charge is -2.44. The highest BCUT2D eigenvalue weighted by atomic mass is 16.5. The topological polar surface area (TPSA) is 38.5 Å². The van der Waals surface area contributed by atoms with Gasteiger partial charge in [-0.2, -0.15) is 0 Å². The van der Waals surface area contributed by atoms with Crippen LogP contribution < -0.4 is 5.73 Å². The van der Waals surface area contributed by atoms with Crippen LogP contribution in [0.2, 0.25) is 0 Å². The molecule has 0 atom stereocenters. The van der Waals surface area contributed by atoms with Gasteiger partial charge in [-0.1, -0.05) is 18.6 Å². The first-order chi connectivity index (χ1) is 9.28. The number of nitrogens with two attached hydrogens (primary N) is 1. The lowest BCUT2D eigenvalue weighted by molar-refractivity contribution is 0.0311. The molecular weight excluding hydrogens is 236 g/mol. The first kappa shape index (κ1) is 12.9. The molecule has 1 heterocycles. The first-order valence-electron chi connectivity index (χ1n) is 7.45. The van der Waals surface area contributed by atoms with E-state index in [1.807, 2.05) is 12.1 Å². The SMILES string of the molecule is Nc1ccc(C2(CCN3CCOCC3)CCC2)cc1. The van der Waals surface area contributed by atoms with Gasteiger partial charge in [0.25, 0.3) is 0 Å². The second kappa shape index (κ2) is 5.51. The Bertz CT molecular complexity index is 405. The summed E-state index contributed by atoms with van der Waals surface area (Å²) in [4.78, 5) is 2.54. The van der Waals surface area contributed by atoms with Crippen molar-refractivity contribution in [3.05, 3.63) is 29.8 Å². The van der Waals surface area contributed by atoms with Crippen molar-refractivity contribution < 1.29 is 4.74 Å². The van der Waals surface area contributed by atoms with Crippen molar-refractivity contribution in [1.29, 1.82) is 0 Å². The van der Waals surface area contributed by atoms with E-state index in [0.717, 1.165) is 32.0 Å². The molecule has 1 saturated carbocycles. The molecule has 3 rings (SSSR count). The number of ether oxygens (including phenoxy) is 1. The molecular formula is C16H24N2O. The zero-order valence-electron chi connectivity index (χ0n) is 11.6. The number of benzene rings is 1. The summed E-state index contributed by atoms with van der Waals surface area (Å²) in [5, 5.41) is 0. The lowest BCUT2D eigenvalue weighted by Crippen LogP contribution is -2.42. The Morgan fingerprint density at radius 1 is 1.11 bits per heavy atom. The van der Waals surface area contributed by atoms with Gasteiger partial charge in [-0.25, -0.2) is 0 Å². The third-order valence-electron chi connectivity index (χ3n) is 4.84.